The molecule has 0 radical (unpaired) electrons. The molecule has 0 aromatic carbocycles. The molecule has 2 heteroatoms. The van der Waals surface area contributed by atoms with Gasteiger partial charge in [0.25, 0.3) is 0 Å². The van der Waals surface area contributed by atoms with Gasteiger partial charge in [0, 0.05) is 0 Å². The number of hydrogen-bond acceptors (Lipinski definition) is 1. The summed E-state index contributed by atoms with van der Waals surface area (Å²) in [5, 5.41) is 0. The Morgan fingerprint density at radius 2 is 1.07 bits per heavy atom. The van der Waals surface area contributed by atoms with Gasteiger partial charge in [-0.1, -0.05) is 6.92 Å². The first kappa shape index (κ1) is 27.0. The number of aromatic nitrogens is 1. The molecule has 0 saturated carbocycles. The second kappa shape index (κ2) is 17.6. The van der Waals surface area contributed by atoms with E-state index in [4.69, 9.17) is 4.98 Å². The Labute approximate surface area is 187 Å². The molecule has 29 heavy (non-hydrogen) atoms. The van der Waals surface area contributed by atoms with Gasteiger partial charge in [-0.2, -0.15) is 0 Å². The predicted octanol–water partition coefficient (Wildman–Crippen LogP) is 8.82. The van der Waals surface area contributed by atoms with Crippen molar-refractivity contribution in [3.63, 3.8) is 0 Å². The summed E-state index contributed by atoms with van der Waals surface area (Å²) in [5.41, 5.74) is 1.39. The summed E-state index contributed by atoms with van der Waals surface area (Å²) < 4.78 is 6.20. The third-order valence-electron chi connectivity index (χ3n) is 6.66. The molecule has 1 rings (SSSR count). The van der Waals surface area contributed by atoms with Crippen LogP contribution >= 0.6 is 0 Å². The van der Waals surface area contributed by atoms with Gasteiger partial charge in [0.15, 0.2) is 0 Å². The van der Waals surface area contributed by atoms with Crippen molar-refractivity contribution in [2.24, 2.45) is 0 Å². The van der Waals surface area contributed by atoms with E-state index in [2.05, 4.69) is 45.9 Å². The maximum atomic E-state index is 5.36. The SMILES string of the molecule is CCCCCCCCCCc1ccc[c]([Sn]([CH2]CCC)([CH2]CCC)[CH2]CCC)n1. The molecule has 0 aliphatic heterocycles. The van der Waals surface area contributed by atoms with Crippen molar-refractivity contribution in [2.75, 3.05) is 0 Å². The zero-order valence-corrected chi connectivity index (χ0v) is 23.3. The molecule has 0 atom stereocenters. The molecule has 0 aliphatic rings. The Hall–Kier alpha value is -0.0513. The summed E-state index contributed by atoms with van der Waals surface area (Å²) in [6.45, 7) is 9.39. The fraction of sp³-hybridized carbons (Fsp3) is 0.815. The van der Waals surface area contributed by atoms with Crippen molar-refractivity contribution >= 4 is 22.1 Å². The Morgan fingerprint density at radius 3 is 1.59 bits per heavy atom. The summed E-state index contributed by atoms with van der Waals surface area (Å²) in [6, 6.07) is 7.09. The van der Waals surface area contributed by atoms with Crippen molar-refractivity contribution in [2.45, 2.75) is 137 Å². The summed E-state index contributed by atoms with van der Waals surface area (Å²) in [4.78, 5) is 5.36. The van der Waals surface area contributed by atoms with Gasteiger partial charge in [-0.25, -0.2) is 0 Å². The molecule has 0 unspecified atom stereocenters. The molecule has 0 N–H and O–H groups in total. The van der Waals surface area contributed by atoms with Crippen LogP contribution in [0.15, 0.2) is 18.2 Å². The molecule has 0 saturated heterocycles. The van der Waals surface area contributed by atoms with Crippen LogP contribution in [0.2, 0.25) is 13.3 Å². The standard InChI is InChI=1S/C15H24N.3C4H9.Sn/c1-2-3-4-5-6-7-8-9-12-15-13-10-11-14-16-15;3*1-3-4-2;/h10-11,13H,2-9,12H2,1H3;3*1,3-4H2,2H3;. The molecule has 0 amide bonds. The Morgan fingerprint density at radius 1 is 0.586 bits per heavy atom. The average molecular weight is 508 g/mol. The molecule has 1 nitrogen and oxygen atoms in total. The molecule has 1 aromatic rings. The summed E-state index contributed by atoms with van der Waals surface area (Å²) in [5.74, 6) is 0. The van der Waals surface area contributed by atoms with E-state index in [1.807, 2.05) is 0 Å². The quantitative estimate of drug-likeness (QED) is 0.134. The van der Waals surface area contributed by atoms with Crippen molar-refractivity contribution in [3.05, 3.63) is 23.9 Å². The zero-order valence-electron chi connectivity index (χ0n) is 20.4. The van der Waals surface area contributed by atoms with Gasteiger partial charge < -0.3 is 0 Å². The molecule has 0 bridgehead atoms. The van der Waals surface area contributed by atoms with E-state index in [-0.39, 0.29) is 0 Å². The van der Waals surface area contributed by atoms with E-state index in [9.17, 15) is 0 Å². The van der Waals surface area contributed by atoms with Gasteiger partial charge in [-0.05, 0) is 0 Å². The van der Waals surface area contributed by atoms with E-state index >= 15 is 0 Å². The molecule has 168 valence electrons. The number of unbranched alkanes of at least 4 members (excludes halogenated alkanes) is 10. The molecular formula is C27H51NSn. The number of aryl methyl sites for hydroxylation is 1. The topological polar surface area (TPSA) is 12.9 Å². The molecule has 1 heterocycles. The van der Waals surface area contributed by atoms with Crippen molar-refractivity contribution in [1.82, 2.24) is 4.98 Å². The molecule has 1 aromatic heterocycles. The van der Waals surface area contributed by atoms with E-state index in [0.29, 0.717) is 0 Å². The summed E-state index contributed by atoms with van der Waals surface area (Å²) >= 11 is -2.35. The third kappa shape index (κ3) is 11.2. The van der Waals surface area contributed by atoms with Gasteiger partial charge in [0.2, 0.25) is 0 Å². The number of pyridine rings is 1. The minimum atomic E-state index is -2.35. The van der Waals surface area contributed by atoms with Gasteiger partial charge in [0.05, 0.1) is 0 Å². The third-order valence-corrected chi connectivity index (χ3v) is 21.8. The molecular weight excluding hydrogens is 457 g/mol. The minimum absolute atomic E-state index is 1.19. The van der Waals surface area contributed by atoms with Crippen LogP contribution in [-0.2, 0) is 6.42 Å². The van der Waals surface area contributed by atoms with Crippen LogP contribution in [0.25, 0.3) is 0 Å². The van der Waals surface area contributed by atoms with E-state index < -0.39 is 18.4 Å². The van der Waals surface area contributed by atoms with E-state index in [1.54, 1.807) is 3.71 Å². The molecule has 0 spiro atoms. The average Bonchev–Trinajstić information content (AvgIpc) is 2.75. The van der Waals surface area contributed by atoms with Gasteiger partial charge in [-0.3, -0.25) is 0 Å². The first-order valence-corrected chi connectivity index (χ1v) is 20.7. The van der Waals surface area contributed by atoms with E-state index in [1.165, 1.54) is 115 Å². The van der Waals surface area contributed by atoms with Crippen molar-refractivity contribution in [3.8, 4) is 0 Å². The Bertz CT molecular complexity index is 477. The monoisotopic (exact) mass is 509 g/mol. The molecule has 0 fully saturated rings. The van der Waals surface area contributed by atoms with Gasteiger partial charge >= 0.3 is 181 Å². The zero-order chi connectivity index (χ0) is 21.2. The van der Waals surface area contributed by atoms with E-state index in [0.717, 1.165) is 0 Å². The first-order chi connectivity index (χ1) is 14.2. The fourth-order valence-corrected chi connectivity index (χ4v) is 20.2. The molecule has 0 aliphatic carbocycles. The van der Waals surface area contributed by atoms with Crippen LogP contribution < -0.4 is 3.71 Å². The summed E-state index contributed by atoms with van der Waals surface area (Å²) in [7, 11) is 0. The van der Waals surface area contributed by atoms with Crippen LogP contribution in [0.5, 0.6) is 0 Å². The van der Waals surface area contributed by atoms with Crippen LogP contribution in [0.4, 0.5) is 0 Å². The van der Waals surface area contributed by atoms with Crippen LogP contribution in [-0.4, -0.2) is 23.4 Å². The number of hydrogen-bond donors (Lipinski definition) is 0. The number of nitrogens with zero attached hydrogens (tertiary/aromatic N) is 1. The van der Waals surface area contributed by atoms with Crippen LogP contribution in [0, 0.1) is 0 Å². The second-order valence-electron chi connectivity index (χ2n) is 9.33. The van der Waals surface area contributed by atoms with Gasteiger partial charge in [0.1, 0.15) is 0 Å². The van der Waals surface area contributed by atoms with Crippen molar-refractivity contribution in [1.29, 1.82) is 0 Å². The first-order valence-electron chi connectivity index (χ1n) is 13.2. The fourth-order valence-electron chi connectivity index (χ4n) is 4.66. The predicted molar refractivity (Wildman–Crippen MR) is 135 cm³/mol. The van der Waals surface area contributed by atoms with Crippen molar-refractivity contribution < 1.29 is 0 Å². The second-order valence-corrected chi connectivity index (χ2v) is 22.4. The number of rotatable bonds is 19. The maximum absolute atomic E-state index is 5.36. The normalized spacial score (nSPS) is 11.9. The van der Waals surface area contributed by atoms with Gasteiger partial charge in [-0.15, -0.1) is 0 Å². The summed E-state index contributed by atoms with van der Waals surface area (Å²) in [6.07, 6.45) is 20.7. The van der Waals surface area contributed by atoms with Crippen LogP contribution in [0.1, 0.15) is 123 Å². The Kier molecular flexibility index (Phi) is 16.4. The Balaban J connectivity index is 2.69. The van der Waals surface area contributed by atoms with Crippen LogP contribution in [0.3, 0.4) is 0 Å².